The third kappa shape index (κ3) is 5.51. The number of nitrogens with zero attached hydrogens (tertiary/aromatic N) is 1. The van der Waals surface area contributed by atoms with Gasteiger partial charge < -0.3 is 15.0 Å². The van der Waals surface area contributed by atoms with Crippen molar-refractivity contribution in [3.63, 3.8) is 0 Å². The van der Waals surface area contributed by atoms with Crippen LogP contribution in [0.15, 0.2) is 36.4 Å². The Hall–Kier alpha value is -2.37. The number of carbonyl (C=O) groups is 2. The number of rotatable bonds is 10. The number of hydrogen-bond donors (Lipinski definition) is 1. The zero-order chi connectivity index (χ0) is 21.6. The molecule has 0 bridgehead atoms. The minimum atomic E-state index is 0. The highest BCUT2D eigenvalue weighted by Gasteiger charge is 2.30. The van der Waals surface area contributed by atoms with Gasteiger partial charge in [-0.3, -0.25) is 9.59 Å². The van der Waals surface area contributed by atoms with E-state index >= 15 is 0 Å². The van der Waals surface area contributed by atoms with Gasteiger partial charge in [-0.15, -0.1) is 12.4 Å². The zero-order valence-electron chi connectivity index (χ0n) is 18.8. The Bertz CT molecular complexity index is 943. The monoisotopic (exact) mass is 456 g/mol. The molecule has 1 amide bonds. The van der Waals surface area contributed by atoms with Gasteiger partial charge >= 0.3 is 0 Å². The van der Waals surface area contributed by atoms with Gasteiger partial charge in [-0.1, -0.05) is 18.2 Å². The third-order valence-electron chi connectivity index (χ3n) is 6.37. The van der Waals surface area contributed by atoms with Crippen LogP contribution in [0.5, 0.6) is 5.75 Å². The molecule has 2 aromatic carbocycles. The van der Waals surface area contributed by atoms with Crippen molar-refractivity contribution in [2.75, 3.05) is 31.6 Å². The number of halogens is 1. The molecule has 172 valence electrons. The van der Waals surface area contributed by atoms with Crippen molar-refractivity contribution >= 4 is 29.8 Å². The number of anilines is 1. The lowest BCUT2D eigenvalue weighted by Gasteiger charge is -2.35. The Balaban J connectivity index is 0.00000289. The van der Waals surface area contributed by atoms with Crippen molar-refractivity contribution in [1.82, 2.24) is 5.32 Å². The average molecular weight is 457 g/mol. The number of nitrogens with one attached hydrogen (secondary N) is 1. The van der Waals surface area contributed by atoms with Gasteiger partial charge in [0.2, 0.25) is 5.91 Å². The molecule has 6 heteroatoms. The highest BCUT2D eigenvalue weighted by Crippen LogP contribution is 2.36. The molecule has 0 saturated carbocycles. The Morgan fingerprint density at radius 1 is 1.06 bits per heavy atom. The number of unbranched alkanes of at least 4 members (excludes halogenated alkanes) is 1. The standard InChI is InChI=1S/C26H32N2O3.ClH/c1-31-24-10-3-2-7-19(24)13-15-27-14-5-4-9-23(29)22-17-20-8-6-16-28-25(30)12-11-21(18-22)26(20)28;/h2-3,7,10,17-18,27H,4-6,8-9,11-16H2,1H3;1H. The Kier molecular flexibility index (Phi) is 8.71. The summed E-state index contributed by atoms with van der Waals surface area (Å²) in [6.45, 7) is 2.63. The van der Waals surface area contributed by atoms with Crippen LogP contribution in [0.3, 0.4) is 0 Å². The van der Waals surface area contributed by atoms with Gasteiger partial charge in [-0.05, 0) is 86.5 Å². The van der Waals surface area contributed by atoms with E-state index in [-0.39, 0.29) is 24.1 Å². The lowest BCUT2D eigenvalue weighted by Crippen LogP contribution is -2.39. The summed E-state index contributed by atoms with van der Waals surface area (Å²) in [4.78, 5) is 26.9. The van der Waals surface area contributed by atoms with Crippen LogP contribution in [0.25, 0.3) is 0 Å². The molecule has 0 unspecified atom stereocenters. The maximum absolute atomic E-state index is 12.8. The molecule has 0 saturated heterocycles. The fourth-order valence-corrected chi connectivity index (χ4v) is 4.75. The topological polar surface area (TPSA) is 58.6 Å². The SMILES string of the molecule is COc1ccccc1CCNCCCCC(=O)c1cc2c3c(c1)CCC(=O)N3CCC2.Cl. The predicted molar refractivity (Wildman–Crippen MR) is 130 cm³/mol. The van der Waals surface area contributed by atoms with Crippen LogP contribution in [-0.2, 0) is 24.1 Å². The van der Waals surface area contributed by atoms with E-state index in [2.05, 4.69) is 11.4 Å². The lowest BCUT2D eigenvalue weighted by atomic mass is 9.88. The second kappa shape index (κ2) is 11.5. The van der Waals surface area contributed by atoms with Crippen LogP contribution in [0.4, 0.5) is 5.69 Å². The summed E-state index contributed by atoms with van der Waals surface area (Å²) < 4.78 is 5.39. The molecule has 5 nitrogen and oxygen atoms in total. The number of amides is 1. The first kappa shape index (κ1) is 24.3. The smallest absolute Gasteiger partial charge is 0.227 e. The first-order valence-electron chi connectivity index (χ1n) is 11.5. The van der Waals surface area contributed by atoms with Gasteiger partial charge in [-0.2, -0.15) is 0 Å². The molecular formula is C26H33ClN2O3. The number of methoxy groups -OCH3 is 1. The maximum atomic E-state index is 12.8. The van der Waals surface area contributed by atoms with E-state index in [1.165, 1.54) is 16.7 Å². The summed E-state index contributed by atoms with van der Waals surface area (Å²) >= 11 is 0. The van der Waals surface area contributed by atoms with E-state index in [1.54, 1.807) is 7.11 Å². The molecule has 0 fully saturated rings. The first-order chi connectivity index (χ1) is 15.2. The molecule has 4 rings (SSSR count). The molecule has 2 aliphatic rings. The molecule has 0 aromatic heterocycles. The van der Waals surface area contributed by atoms with Crippen molar-refractivity contribution in [3.05, 3.63) is 58.7 Å². The van der Waals surface area contributed by atoms with Gasteiger partial charge in [0.1, 0.15) is 5.75 Å². The largest absolute Gasteiger partial charge is 0.496 e. The lowest BCUT2D eigenvalue weighted by molar-refractivity contribution is -0.119. The first-order valence-corrected chi connectivity index (χ1v) is 11.5. The number of ether oxygens (including phenoxy) is 1. The molecule has 0 spiro atoms. The van der Waals surface area contributed by atoms with Crippen LogP contribution < -0.4 is 15.0 Å². The van der Waals surface area contributed by atoms with E-state index in [9.17, 15) is 9.59 Å². The number of Topliss-reactive ketones (excluding diaryl/α,β-unsaturated/α-hetero) is 1. The maximum Gasteiger partial charge on any atom is 0.227 e. The molecule has 2 heterocycles. The minimum Gasteiger partial charge on any atom is -0.496 e. The Morgan fingerprint density at radius 2 is 1.84 bits per heavy atom. The minimum absolute atomic E-state index is 0. The van der Waals surface area contributed by atoms with E-state index in [4.69, 9.17) is 4.74 Å². The van der Waals surface area contributed by atoms with Crippen molar-refractivity contribution in [2.45, 2.75) is 51.4 Å². The van der Waals surface area contributed by atoms with Crippen LogP contribution in [0, 0.1) is 0 Å². The number of carbonyl (C=O) groups excluding carboxylic acids is 2. The number of ketones is 1. The van der Waals surface area contributed by atoms with E-state index in [0.717, 1.165) is 75.2 Å². The third-order valence-corrected chi connectivity index (χ3v) is 6.37. The van der Waals surface area contributed by atoms with E-state index < -0.39 is 0 Å². The Labute approximate surface area is 196 Å². The quantitative estimate of drug-likeness (QED) is 0.421. The van der Waals surface area contributed by atoms with Gasteiger partial charge in [0.25, 0.3) is 0 Å². The van der Waals surface area contributed by atoms with E-state index in [1.807, 2.05) is 35.2 Å². The molecular weight excluding hydrogens is 424 g/mol. The van der Waals surface area contributed by atoms with Gasteiger partial charge in [0.15, 0.2) is 5.78 Å². The summed E-state index contributed by atoms with van der Waals surface area (Å²) in [6.07, 6.45) is 6.64. The molecule has 32 heavy (non-hydrogen) atoms. The summed E-state index contributed by atoms with van der Waals surface area (Å²) in [6, 6.07) is 12.2. The van der Waals surface area contributed by atoms with Crippen LogP contribution >= 0.6 is 12.4 Å². The Morgan fingerprint density at radius 3 is 2.66 bits per heavy atom. The summed E-state index contributed by atoms with van der Waals surface area (Å²) in [5.74, 6) is 1.39. The van der Waals surface area contributed by atoms with Crippen molar-refractivity contribution in [1.29, 1.82) is 0 Å². The zero-order valence-corrected chi connectivity index (χ0v) is 19.6. The summed E-state index contributed by atoms with van der Waals surface area (Å²) in [5.41, 5.74) is 5.49. The van der Waals surface area contributed by atoms with Crippen molar-refractivity contribution in [3.8, 4) is 5.75 Å². The van der Waals surface area contributed by atoms with Crippen molar-refractivity contribution < 1.29 is 14.3 Å². The molecule has 0 atom stereocenters. The second-order valence-electron chi connectivity index (χ2n) is 8.48. The molecule has 2 aromatic rings. The molecule has 2 aliphatic heterocycles. The molecule has 1 N–H and O–H groups in total. The fourth-order valence-electron chi connectivity index (χ4n) is 4.75. The van der Waals surface area contributed by atoms with Crippen LogP contribution in [0.2, 0.25) is 0 Å². The van der Waals surface area contributed by atoms with Crippen molar-refractivity contribution in [2.24, 2.45) is 0 Å². The number of aryl methyl sites for hydroxylation is 2. The van der Waals surface area contributed by atoms with Crippen LogP contribution in [-0.4, -0.2) is 38.4 Å². The molecule has 0 aliphatic carbocycles. The van der Waals surface area contributed by atoms with Gasteiger partial charge in [0.05, 0.1) is 12.8 Å². The van der Waals surface area contributed by atoms with Gasteiger partial charge in [0, 0.05) is 24.9 Å². The van der Waals surface area contributed by atoms with Gasteiger partial charge in [-0.25, -0.2) is 0 Å². The number of para-hydroxylation sites is 1. The summed E-state index contributed by atoms with van der Waals surface area (Å²) in [5, 5.41) is 3.47. The highest BCUT2D eigenvalue weighted by molar-refractivity contribution is 6.01. The highest BCUT2D eigenvalue weighted by atomic mass is 35.5. The summed E-state index contributed by atoms with van der Waals surface area (Å²) in [7, 11) is 1.70. The second-order valence-corrected chi connectivity index (χ2v) is 8.48. The van der Waals surface area contributed by atoms with E-state index in [0.29, 0.717) is 12.8 Å². The normalized spacial score (nSPS) is 14.5. The number of hydrogen-bond acceptors (Lipinski definition) is 4. The average Bonchev–Trinajstić information content (AvgIpc) is 2.80. The number of benzene rings is 2. The predicted octanol–water partition coefficient (Wildman–Crippen LogP) is 4.53. The van der Waals surface area contributed by atoms with Crippen LogP contribution in [0.1, 0.15) is 59.2 Å². The molecule has 0 radical (unpaired) electrons. The fraction of sp³-hybridized carbons (Fsp3) is 0.462.